The van der Waals surface area contributed by atoms with Crippen molar-refractivity contribution >= 4 is 23.3 Å². The van der Waals surface area contributed by atoms with E-state index in [9.17, 15) is 15.0 Å². The fourth-order valence-corrected chi connectivity index (χ4v) is 3.17. The van der Waals surface area contributed by atoms with Gasteiger partial charge in [-0.05, 0) is 59.7 Å². The number of rotatable bonds is 7. The van der Waals surface area contributed by atoms with E-state index in [4.69, 9.17) is 16.7 Å². The number of hydrogen-bond acceptors (Lipinski definition) is 4. The number of carboxylic acids is 1. The van der Waals surface area contributed by atoms with E-state index >= 15 is 0 Å². The van der Waals surface area contributed by atoms with Gasteiger partial charge in [0.1, 0.15) is 5.75 Å². The molecule has 0 bridgehead atoms. The standard InChI is InChI=1S/C22H20ClNO4/c23-17-3-1-2-16(12-17)20(13-21(26)14-6-10-19(25)11-7-14)24-18-8-4-15(5-9-18)22(27)28/h1-12,20-21,24-26H,13H2,(H,27,28). The van der Waals surface area contributed by atoms with E-state index in [0.717, 1.165) is 11.3 Å². The van der Waals surface area contributed by atoms with Gasteiger partial charge < -0.3 is 20.6 Å². The number of aromatic carboxylic acids is 1. The van der Waals surface area contributed by atoms with E-state index in [1.807, 2.05) is 18.2 Å². The van der Waals surface area contributed by atoms with E-state index in [1.165, 1.54) is 24.3 Å². The fourth-order valence-electron chi connectivity index (χ4n) is 2.97. The zero-order valence-electron chi connectivity index (χ0n) is 14.9. The Bertz CT molecular complexity index is 942. The SMILES string of the molecule is O=C(O)c1ccc(NC(CC(O)c2ccc(O)cc2)c2cccc(Cl)c2)cc1. The van der Waals surface area contributed by atoms with Crippen LogP contribution < -0.4 is 5.32 Å². The molecule has 2 atom stereocenters. The van der Waals surface area contributed by atoms with Gasteiger partial charge in [-0.25, -0.2) is 4.79 Å². The lowest BCUT2D eigenvalue weighted by atomic mass is 9.96. The smallest absolute Gasteiger partial charge is 0.335 e. The molecule has 0 spiro atoms. The van der Waals surface area contributed by atoms with Crippen molar-refractivity contribution in [1.29, 1.82) is 0 Å². The first kappa shape index (κ1) is 19.7. The topological polar surface area (TPSA) is 89.8 Å². The highest BCUT2D eigenvalue weighted by Gasteiger charge is 2.19. The second kappa shape index (κ2) is 8.78. The van der Waals surface area contributed by atoms with Crippen LogP contribution in [0.25, 0.3) is 0 Å². The summed E-state index contributed by atoms with van der Waals surface area (Å²) in [5.41, 5.74) is 2.52. The summed E-state index contributed by atoms with van der Waals surface area (Å²) < 4.78 is 0. The normalized spacial score (nSPS) is 12.9. The highest BCUT2D eigenvalue weighted by Crippen LogP contribution is 2.31. The molecule has 0 saturated heterocycles. The van der Waals surface area contributed by atoms with Crippen molar-refractivity contribution in [2.45, 2.75) is 18.6 Å². The molecule has 28 heavy (non-hydrogen) atoms. The Kier molecular flexibility index (Phi) is 6.19. The Labute approximate surface area is 167 Å². The number of nitrogens with one attached hydrogen (secondary N) is 1. The second-order valence-electron chi connectivity index (χ2n) is 6.48. The summed E-state index contributed by atoms with van der Waals surface area (Å²) in [6.07, 6.45) is -0.415. The summed E-state index contributed by atoms with van der Waals surface area (Å²) >= 11 is 6.14. The Morgan fingerprint density at radius 2 is 1.64 bits per heavy atom. The quantitative estimate of drug-likeness (QED) is 0.449. The third kappa shape index (κ3) is 5.03. The highest BCUT2D eigenvalue weighted by molar-refractivity contribution is 6.30. The number of hydrogen-bond donors (Lipinski definition) is 4. The number of phenols is 1. The number of carbonyl (C=O) groups is 1. The summed E-state index contributed by atoms with van der Waals surface area (Å²) in [5, 5.41) is 33.1. The van der Waals surface area contributed by atoms with Gasteiger partial charge in [0, 0.05) is 17.1 Å². The number of benzene rings is 3. The minimum Gasteiger partial charge on any atom is -0.508 e. The minimum absolute atomic E-state index is 0.138. The summed E-state index contributed by atoms with van der Waals surface area (Å²) in [6.45, 7) is 0. The second-order valence-corrected chi connectivity index (χ2v) is 6.91. The average molecular weight is 398 g/mol. The van der Waals surface area contributed by atoms with Crippen LogP contribution in [-0.2, 0) is 0 Å². The molecule has 0 aliphatic carbocycles. The lowest BCUT2D eigenvalue weighted by Gasteiger charge is -2.24. The van der Waals surface area contributed by atoms with Crippen LogP contribution in [0.1, 0.15) is 40.1 Å². The van der Waals surface area contributed by atoms with Crippen molar-refractivity contribution in [3.63, 3.8) is 0 Å². The number of carboxylic acid groups (broad SMARTS) is 1. The number of phenolic OH excluding ortho intramolecular Hbond substituents is 1. The Hall–Kier alpha value is -3.02. The molecule has 0 aliphatic rings. The van der Waals surface area contributed by atoms with E-state index in [2.05, 4.69) is 5.32 Å². The largest absolute Gasteiger partial charge is 0.508 e. The molecule has 3 aromatic carbocycles. The van der Waals surface area contributed by atoms with E-state index < -0.39 is 12.1 Å². The van der Waals surface area contributed by atoms with Gasteiger partial charge in [-0.3, -0.25) is 0 Å². The molecular weight excluding hydrogens is 378 g/mol. The average Bonchev–Trinajstić information content (AvgIpc) is 2.68. The molecule has 0 aliphatic heterocycles. The maximum Gasteiger partial charge on any atom is 0.335 e. The van der Waals surface area contributed by atoms with E-state index in [1.54, 1.807) is 30.3 Å². The summed E-state index contributed by atoms with van der Waals surface area (Å²) in [7, 11) is 0. The Morgan fingerprint density at radius 3 is 2.25 bits per heavy atom. The van der Waals surface area contributed by atoms with Crippen LogP contribution in [0.5, 0.6) is 5.75 Å². The molecule has 5 nitrogen and oxygen atoms in total. The third-order valence-corrected chi connectivity index (χ3v) is 4.70. The van der Waals surface area contributed by atoms with Crippen LogP contribution in [0.2, 0.25) is 5.02 Å². The first-order chi connectivity index (χ1) is 13.4. The maximum absolute atomic E-state index is 11.0. The predicted molar refractivity (Wildman–Crippen MR) is 109 cm³/mol. The van der Waals surface area contributed by atoms with E-state index in [-0.39, 0.29) is 17.4 Å². The molecule has 0 saturated carbocycles. The molecule has 4 N–H and O–H groups in total. The fraction of sp³-hybridized carbons (Fsp3) is 0.136. The van der Waals surface area contributed by atoms with Crippen LogP contribution in [0.15, 0.2) is 72.8 Å². The van der Waals surface area contributed by atoms with Crippen LogP contribution in [0.4, 0.5) is 5.69 Å². The third-order valence-electron chi connectivity index (χ3n) is 4.46. The maximum atomic E-state index is 11.0. The van der Waals surface area contributed by atoms with Crippen LogP contribution >= 0.6 is 11.6 Å². The van der Waals surface area contributed by atoms with Gasteiger partial charge >= 0.3 is 5.97 Å². The summed E-state index contributed by atoms with van der Waals surface area (Å²) in [5.74, 6) is -0.848. The number of halogens is 1. The van der Waals surface area contributed by atoms with Gasteiger partial charge in [-0.2, -0.15) is 0 Å². The first-order valence-corrected chi connectivity index (χ1v) is 9.12. The number of anilines is 1. The monoisotopic (exact) mass is 397 g/mol. The Balaban J connectivity index is 1.84. The zero-order chi connectivity index (χ0) is 20.1. The van der Waals surface area contributed by atoms with Gasteiger partial charge in [0.15, 0.2) is 0 Å². The van der Waals surface area contributed by atoms with Crippen molar-refractivity contribution in [1.82, 2.24) is 0 Å². The molecule has 0 fully saturated rings. The summed E-state index contributed by atoms with van der Waals surface area (Å²) in [6, 6.07) is 19.9. The van der Waals surface area contributed by atoms with Crippen LogP contribution in [0, 0.1) is 0 Å². The molecule has 6 heteroatoms. The molecule has 0 radical (unpaired) electrons. The molecule has 0 amide bonds. The molecular formula is C22H20ClNO4. The van der Waals surface area contributed by atoms with Crippen molar-refractivity contribution in [3.05, 3.63) is 94.5 Å². The van der Waals surface area contributed by atoms with Gasteiger partial charge in [0.25, 0.3) is 0 Å². The van der Waals surface area contributed by atoms with Crippen LogP contribution in [0.3, 0.4) is 0 Å². The summed E-state index contributed by atoms with van der Waals surface area (Å²) in [4.78, 5) is 11.0. The predicted octanol–water partition coefficient (Wildman–Crippen LogP) is 5.02. The van der Waals surface area contributed by atoms with Crippen molar-refractivity contribution in [3.8, 4) is 5.75 Å². The Morgan fingerprint density at radius 1 is 0.964 bits per heavy atom. The molecule has 3 rings (SSSR count). The molecule has 0 heterocycles. The van der Waals surface area contributed by atoms with E-state index in [0.29, 0.717) is 17.0 Å². The molecule has 144 valence electrons. The lowest BCUT2D eigenvalue weighted by Crippen LogP contribution is -2.15. The van der Waals surface area contributed by atoms with Gasteiger partial charge in [0.05, 0.1) is 17.7 Å². The molecule has 2 unspecified atom stereocenters. The number of aliphatic hydroxyl groups is 1. The minimum atomic E-state index is -0.985. The lowest BCUT2D eigenvalue weighted by molar-refractivity contribution is 0.0697. The highest BCUT2D eigenvalue weighted by atomic mass is 35.5. The van der Waals surface area contributed by atoms with Crippen LogP contribution in [-0.4, -0.2) is 21.3 Å². The van der Waals surface area contributed by atoms with Crippen molar-refractivity contribution in [2.75, 3.05) is 5.32 Å². The molecule has 0 aromatic heterocycles. The van der Waals surface area contributed by atoms with Gasteiger partial charge in [0.2, 0.25) is 0 Å². The first-order valence-electron chi connectivity index (χ1n) is 8.75. The zero-order valence-corrected chi connectivity index (χ0v) is 15.7. The number of aromatic hydroxyl groups is 1. The van der Waals surface area contributed by atoms with Crippen molar-refractivity contribution in [2.24, 2.45) is 0 Å². The van der Waals surface area contributed by atoms with Crippen molar-refractivity contribution < 1.29 is 20.1 Å². The number of aliphatic hydroxyl groups excluding tert-OH is 1. The van der Waals surface area contributed by atoms with Gasteiger partial charge in [-0.15, -0.1) is 0 Å². The molecule has 3 aromatic rings. The van der Waals surface area contributed by atoms with Gasteiger partial charge in [-0.1, -0.05) is 35.9 Å².